The molecule has 1 aromatic rings. The van der Waals surface area contributed by atoms with Crippen molar-refractivity contribution < 1.29 is 52.4 Å². The van der Waals surface area contributed by atoms with Gasteiger partial charge in [-0.3, -0.25) is 0 Å². The molecule has 0 bridgehead atoms. The Bertz CT molecular complexity index is 430. The third-order valence-corrected chi connectivity index (χ3v) is 2.93. The molecule has 1 fully saturated rings. The van der Waals surface area contributed by atoms with E-state index in [9.17, 15) is 20.4 Å². The van der Waals surface area contributed by atoms with Gasteiger partial charge in [-0.15, -0.1) is 0 Å². The number of hydrogen-bond acceptors (Lipinski definition) is 7. The largest absolute Gasteiger partial charge is 0.462 e. The number of benzene rings is 1. The predicted molar refractivity (Wildman–Crippen MR) is 61.9 cm³/mol. The summed E-state index contributed by atoms with van der Waals surface area (Å²) < 4.78 is 10.2. The van der Waals surface area contributed by atoms with Crippen molar-refractivity contribution in [2.75, 3.05) is 0 Å². The second-order valence-electron chi connectivity index (χ2n) is 4.25. The number of ether oxygens (including phenoxy) is 2. The summed E-state index contributed by atoms with van der Waals surface area (Å²) >= 11 is 0. The Kier molecular flexibility index (Phi) is 6.39. The molecule has 1 aromatic carbocycles. The molecule has 0 spiro atoms. The SMILES string of the molecule is OCc1ccccc1O[C@@H]1O[C@H](O)[C@@H](O)[C@H](O)[C@H]1O.[Cr]. The minimum Gasteiger partial charge on any atom is -0.462 e. The maximum Gasteiger partial charge on any atom is 0.231 e. The summed E-state index contributed by atoms with van der Waals surface area (Å²) in [5.41, 5.74) is 0.466. The molecule has 8 heteroatoms. The molecule has 0 aromatic heterocycles. The van der Waals surface area contributed by atoms with Gasteiger partial charge in [0, 0.05) is 22.9 Å². The molecule has 0 aliphatic carbocycles. The summed E-state index contributed by atoms with van der Waals surface area (Å²) in [5.74, 6) is 0.254. The van der Waals surface area contributed by atoms with Crippen LogP contribution in [0.1, 0.15) is 5.56 Å². The third kappa shape index (κ3) is 3.49. The first-order valence-corrected chi connectivity index (χ1v) is 5.77. The Hall–Kier alpha value is -0.688. The molecule has 7 nitrogen and oxygen atoms in total. The Morgan fingerprint density at radius 2 is 1.65 bits per heavy atom. The van der Waals surface area contributed by atoms with Crippen LogP contribution in [0.4, 0.5) is 0 Å². The van der Waals surface area contributed by atoms with Gasteiger partial charge >= 0.3 is 0 Å². The molecule has 2 rings (SSSR count). The van der Waals surface area contributed by atoms with Crippen molar-refractivity contribution in [2.45, 2.75) is 37.5 Å². The van der Waals surface area contributed by atoms with Crippen molar-refractivity contribution >= 4 is 0 Å². The molecule has 0 unspecified atom stereocenters. The molecule has 0 saturated carbocycles. The van der Waals surface area contributed by atoms with Crippen LogP contribution in [0.15, 0.2) is 24.3 Å². The van der Waals surface area contributed by atoms with Crippen molar-refractivity contribution in [3.63, 3.8) is 0 Å². The van der Waals surface area contributed by atoms with Gasteiger partial charge in [0.15, 0.2) is 6.29 Å². The molecular formula is C12H16CrO7. The predicted octanol–water partition coefficient (Wildman–Crippen LogP) is -1.69. The molecule has 5 N–H and O–H groups in total. The Morgan fingerprint density at radius 3 is 2.30 bits per heavy atom. The summed E-state index contributed by atoms with van der Waals surface area (Å²) in [6.45, 7) is -0.271. The average molecular weight is 324 g/mol. The van der Waals surface area contributed by atoms with Gasteiger partial charge in [0.1, 0.15) is 24.1 Å². The van der Waals surface area contributed by atoms with Crippen molar-refractivity contribution in [1.82, 2.24) is 0 Å². The molecule has 5 atom stereocenters. The zero-order valence-corrected chi connectivity index (χ0v) is 11.6. The van der Waals surface area contributed by atoms with Crippen molar-refractivity contribution in [2.24, 2.45) is 0 Å². The van der Waals surface area contributed by atoms with Gasteiger partial charge in [0.2, 0.25) is 6.29 Å². The van der Waals surface area contributed by atoms with Gasteiger partial charge in [-0.1, -0.05) is 18.2 Å². The van der Waals surface area contributed by atoms with E-state index in [1.807, 2.05) is 0 Å². The van der Waals surface area contributed by atoms with Crippen LogP contribution in [0.25, 0.3) is 0 Å². The van der Waals surface area contributed by atoms with Crippen molar-refractivity contribution in [3.05, 3.63) is 29.8 Å². The second-order valence-corrected chi connectivity index (χ2v) is 4.25. The van der Waals surface area contributed by atoms with Gasteiger partial charge in [-0.05, 0) is 6.07 Å². The molecular weight excluding hydrogens is 308 g/mol. The first-order valence-electron chi connectivity index (χ1n) is 5.77. The van der Waals surface area contributed by atoms with E-state index in [0.29, 0.717) is 5.56 Å². The van der Waals surface area contributed by atoms with Gasteiger partial charge < -0.3 is 35.0 Å². The molecule has 1 aliphatic rings. The number of aliphatic hydroxyl groups excluding tert-OH is 5. The summed E-state index contributed by atoms with van der Waals surface area (Å²) in [6.07, 6.45) is -7.73. The van der Waals surface area contributed by atoms with E-state index in [1.54, 1.807) is 24.3 Å². The fourth-order valence-electron chi connectivity index (χ4n) is 1.80. The van der Waals surface area contributed by atoms with Crippen LogP contribution < -0.4 is 4.74 Å². The Balaban J connectivity index is 0.00000200. The Labute approximate surface area is 126 Å². The van der Waals surface area contributed by atoms with Crippen LogP contribution in [0.5, 0.6) is 5.75 Å². The van der Waals surface area contributed by atoms with Gasteiger partial charge in [-0.25, -0.2) is 0 Å². The quantitative estimate of drug-likeness (QED) is 0.450. The minimum absolute atomic E-state index is 0. The van der Waals surface area contributed by atoms with E-state index in [0.717, 1.165) is 0 Å². The van der Waals surface area contributed by atoms with Crippen molar-refractivity contribution in [3.8, 4) is 5.75 Å². The Morgan fingerprint density at radius 1 is 1.00 bits per heavy atom. The molecule has 1 aliphatic heterocycles. The molecule has 0 amide bonds. The van der Waals surface area contributed by atoms with Crippen molar-refractivity contribution in [1.29, 1.82) is 0 Å². The monoisotopic (exact) mass is 324 g/mol. The van der Waals surface area contributed by atoms with Crippen LogP contribution in [-0.4, -0.2) is 56.4 Å². The normalized spacial score (nSPS) is 33.4. The summed E-state index contributed by atoms with van der Waals surface area (Å²) in [4.78, 5) is 0. The van der Waals surface area contributed by atoms with E-state index in [2.05, 4.69) is 0 Å². The molecule has 20 heavy (non-hydrogen) atoms. The minimum atomic E-state index is -1.66. The molecule has 1 saturated heterocycles. The molecule has 112 valence electrons. The average Bonchev–Trinajstić information content (AvgIpc) is 2.43. The zero-order chi connectivity index (χ0) is 14.0. The zero-order valence-electron chi connectivity index (χ0n) is 10.4. The van der Waals surface area contributed by atoms with E-state index in [1.165, 1.54) is 0 Å². The van der Waals surface area contributed by atoms with Gasteiger partial charge in [-0.2, -0.15) is 0 Å². The topological polar surface area (TPSA) is 120 Å². The van der Waals surface area contributed by atoms with E-state index < -0.39 is 30.9 Å². The molecule has 1 heterocycles. The number of hydrogen-bond donors (Lipinski definition) is 5. The number of aliphatic hydroxyl groups is 5. The first-order chi connectivity index (χ1) is 9.04. The summed E-state index contributed by atoms with van der Waals surface area (Å²) in [6, 6.07) is 6.52. The van der Waals surface area contributed by atoms with Crippen LogP contribution in [-0.2, 0) is 28.7 Å². The first kappa shape index (κ1) is 17.4. The van der Waals surface area contributed by atoms with E-state index in [-0.39, 0.29) is 29.7 Å². The van der Waals surface area contributed by atoms with E-state index in [4.69, 9.17) is 14.6 Å². The fraction of sp³-hybridized carbons (Fsp3) is 0.500. The number of rotatable bonds is 3. The van der Waals surface area contributed by atoms with Crippen LogP contribution >= 0.6 is 0 Å². The van der Waals surface area contributed by atoms with Crippen LogP contribution in [0, 0.1) is 0 Å². The summed E-state index contributed by atoms with van der Waals surface area (Å²) in [7, 11) is 0. The summed E-state index contributed by atoms with van der Waals surface area (Å²) in [5, 5.41) is 47.1. The maximum absolute atomic E-state index is 9.72. The van der Waals surface area contributed by atoms with Gasteiger partial charge in [0.05, 0.1) is 6.61 Å². The second kappa shape index (κ2) is 7.36. The third-order valence-electron chi connectivity index (χ3n) is 2.93. The van der Waals surface area contributed by atoms with Crippen LogP contribution in [0.3, 0.4) is 0 Å². The van der Waals surface area contributed by atoms with E-state index >= 15 is 0 Å². The van der Waals surface area contributed by atoms with Crippen LogP contribution in [0.2, 0.25) is 0 Å². The maximum atomic E-state index is 9.72. The number of para-hydroxylation sites is 1. The standard InChI is InChI=1S/C12H16O7.Cr/c13-5-6-3-1-2-4-7(6)18-12-10(16)8(14)9(15)11(17)19-12;/h1-4,8-17H,5H2;/t8-,9-,10+,11-,12+;/m0./s1. The smallest absolute Gasteiger partial charge is 0.231 e. The molecule has 0 radical (unpaired) electrons. The van der Waals surface area contributed by atoms with Gasteiger partial charge in [0.25, 0.3) is 0 Å². The fourth-order valence-corrected chi connectivity index (χ4v) is 1.80.